The van der Waals surface area contributed by atoms with Crippen LogP contribution in [0.3, 0.4) is 0 Å². The van der Waals surface area contributed by atoms with E-state index in [-0.39, 0.29) is 6.10 Å². The number of aliphatic hydroxyl groups excluding tert-OH is 1. The molecule has 0 radical (unpaired) electrons. The van der Waals surface area contributed by atoms with Crippen LogP contribution in [0.15, 0.2) is 43.0 Å². The van der Waals surface area contributed by atoms with E-state index >= 15 is 0 Å². The Balaban J connectivity index is 1.87. The molecule has 1 aromatic carbocycles. The molecule has 1 aliphatic rings. The van der Waals surface area contributed by atoms with Crippen molar-refractivity contribution in [3.63, 3.8) is 0 Å². The zero-order chi connectivity index (χ0) is 12.1. The van der Waals surface area contributed by atoms with Crippen LogP contribution in [-0.4, -0.2) is 17.3 Å². The van der Waals surface area contributed by atoms with Crippen molar-refractivity contribution in [2.45, 2.75) is 38.0 Å². The lowest BCUT2D eigenvalue weighted by atomic mass is 9.84. The lowest BCUT2D eigenvalue weighted by Crippen LogP contribution is -2.91. The Morgan fingerprint density at radius 2 is 2.06 bits per heavy atom. The van der Waals surface area contributed by atoms with Crippen LogP contribution in [0.2, 0.25) is 0 Å². The lowest BCUT2D eigenvalue weighted by molar-refractivity contribution is -0.714. The first kappa shape index (κ1) is 12.3. The first-order chi connectivity index (χ1) is 8.29. The number of allylic oxidation sites excluding steroid dienone is 1. The van der Waals surface area contributed by atoms with Crippen LogP contribution in [0.1, 0.15) is 24.8 Å². The second-order valence-electron chi connectivity index (χ2n) is 4.97. The van der Waals surface area contributed by atoms with E-state index in [1.165, 1.54) is 5.56 Å². The summed E-state index contributed by atoms with van der Waals surface area (Å²) in [6, 6.07) is 10.8. The van der Waals surface area contributed by atoms with Gasteiger partial charge in [-0.3, -0.25) is 0 Å². The molecule has 3 atom stereocenters. The highest BCUT2D eigenvalue weighted by Gasteiger charge is 2.30. The fraction of sp³-hybridized carbons (Fsp3) is 0.467. The SMILES string of the molecule is C=C[C@@H]1CC[C@@H](O)[C@H]([NH2+]Cc2ccccc2)C1. The predicted molar refractivity (Wildman–Crippen MR) is 69.4 cm³/mol. The molecule has 0 saturated heterocycles. The Morgan fingerprint density at radius 1 is 1.29 bits per heavy atom. The normalized spacial score (nSPS) is 28.9. The molecule has 3 N–H and O–H groups in total. The Hall–Kier alpha value is -1.12. The summed E-state index contributed by atoms with van der Waals surface area (Å²) in [5.74, 6) is 0.579. The summed E-state index contributed by atoms with van der Waals surface area (Å²) in [4.78, 5) is 0. The molecular weight excluding hydrogens is 210 g/mol. The van der Waals surface area contributed by atoms with E-state index in [1.807, 2.05) is 12.1 Å². The van der Waals surface area contributed by atoms with Crippen LogP contribution >= 0.6 is 0 Å². The molecule has 17 heavy (non-hydrogen) atoms. The molecular formula is C15H22NO+. The Bertz CT molecular complexity index is 349. The quantitative estimate of drug-likeness (QED) is 0.758. The highest BCUT2D eigenvalue weighted by atomic mass is 16.3. The molecule has 1 aliphatic carbocycles. The highest BCUT2D eigenvalue weighted by molar-refractivity contribution is 5.13. The maximum Gasteiger partial charge on any atom is 0.113 e. The second-order valence-corrected chi connectivity index (χ2v) is 4.97. The molecule has 0 heterocycles. The minimum Gasteiger partial charge on any atom is -0.387 e. The van der Waals surface area contributed by atoms with Gasteiger partial charge in [0.05, 0.1) is 0 Å². The van der Waals surface area contributed by atoms with E-state index in [0.717, 1.165) is 25.8 Å². The molecule has 1 fully saturated rings. The molecule has 2 heteroatoms. The standard InChI is InChI=1S/C15H21NO/c1-2-12-8-9-15(17)14(10-12)16-11-13-6-4-3-5-7-13/h2-7,12,14-17H,1,8-11H2/p+1/t12-,14-,15-/m1/s1. The third-order valence-electron chi connectivity index (χ3n) is 3.73. The van der Waals surface area contributed by atoms with Gasteiger partial charge in [0, 0.05) is 12.0 Å². The second kappa shape index (κ2) is 5.99. The third-order valence-corrected chi connectivity index (χ3v) is 3.73. The van der Waals surface area contributed by atoms with Crippen molar-refractivity contribution in [1.29, 1.82) is 0 Å². The summed E-state index contributed by atoms with van der Waals surface area (Å²) in [5.41, 5.74) is 1.32. The van der Waals surface area contributed by atoms with Gasteiger partial charge in [-0.25, -0.2) is 0 Å². The van der Waals surface area contributed by atoms with Crippen molar-refractivity contribution >= 4 is 0 Å². The van der Waals surface area contributed by atoms with Gasteiger partial charge in [0.25, 0.3) is 0 Å². The van der Waals surface area contributed by atoms with Crippen molar-refractivity contribution < 1.29 is 10.4 Å². The molecule has 0 spiro atoms. The molecule has 0 amide bonds. The smallest absolute Gasteiger partial charge is 0.113 e. The average Bonchev–Trinajstić information content (AvgIpc) is 2.39. The Morgan fingerprint density at radius 3 is 2.76 bits per heavy atom. The topological polar surface area (TPSA) is 36.8 Å². The number of aliphatic hydroxyl groups is 1. The van der Waals surface area contributed by atoms with Crippen molar-refractivity contribution in [3.05, 3.63) is 48.6 Å². The fourth-order valence-electron chi connectivity index (χ4n) is 2.59. The van der Waals surface area contributed by atoms with Gasteiger partial charge >= 0.3 is 0 Å². The zero-order valence-electron chi connectivity index (χ0n) is 10.3. The van der Waals surface area contributed by atoms with Crippen molar-refractivity contribution in [2.24, 2.45) is 5.92 Å². The summed E-state index contributed by atoms with van der Waals surface area (Å²) in [7, 11) is 0. The summed E-state index contributed by atoms with van der Waals surface area (Å²) in [6.45, 7) is 4.82. The fourth-order valence-corrected chi connectivity index (χ4v) is 2.59. The van der Waals surface area contributed by atoms with E-state index in [2.05, 4.69) is 36.2 Å². The lowest BCUT2D eigenvalue weighted by Gasteiger charge is -2.30. The van der Waals surface area contributed by atoms with E-state index in [9.17, 15) is 5.11 Å². The minimum atomic E-state index is -0.157. The van der Waals surface area contributed by atoms with Crippen LogP contribution in [0.5, 0.6) is 0 Å². The Kier molecular flexibility index (Phi) is 4.35. The van der Waals surface area contributed by atoms with Crippen molar-refractivity contribution in [2.75, 3.05) is 0 Å². The third kappa shape index (κ3) is 3.42. The number of nitrogens with two attached hydrogens (primary N) is 1. The maximum absolute atomic E-state index is 9.99. The molecule has 1 saturated carbocycles. The zero-order valence-corrected chi connectivity index (χ0v) is 10.3. The summed E-state index contributed by atoms with van der Waals surface area (Å²) in [6.07, 6.45) is 4.93. The first-order valence-electron chi connectivity index (χ1n) is 6.47. The molecule has 92 valence electrons. The predicted octanol–water partition coefficient (Wildman–Crippen LogP) is 1.47. The molecule has 0 unspecified atom stereocenters. The molecule has 1 aromatic rings. The Labute approximate surface area is 103 Å². The van der Waals surface area contributed by atoms with Gasteiger partial charge < -0.3 is 10.4 Å². The monoisotopic (exact) mass is 232 g/mol. The van der Waals surface area contributed by atoms with E-state index in [1.54, 1.807) is 0 Å². The first-order valence-corrected chi connectivity index (χ1v) is 6.47. The molecule has 0 bridgehead atoms. The number of quaternary nitrogens is 1. The molecule has 0 aliphatic heterocycles. The number of hydrogen-bond acceptors (Lipinski definition) is 1. The van der Waals surface area contributed by atoms with Gasteiger partial charge in [-0.2, -0.15) is 0 Å². The maximum atomic E-state index is 9.99. The van der Waals surface area contributed by atoms with Gasteiger partial charge in [0.15, 0.2) is 0 Å². The van der Waals surface area contributed by atoms with Crippen LogP contribution in [-0.2, 0) is 6.54 Å². The van der Waals surface area contributed by atoms with E-state index < -0.39 is 0 Å². The molecule has 2 nitrogen and oxygen atoms in total. The number of hydrogen-bond donors (Lipinski definition) is 2. The summed E-state index contributed by atoms with van der Waals surface area (Å²) in [5, 5.41) is 12.3. The number of rotatable bonds is 4. The van der Waals surface area contributed by atoms with Gasteiger partial charge in [0.1, 0.15) is 18.7 Å². The number of benzene rings is 1. The minimum absolute atomic E-state index is 0.157. The van der Waals surface area contributed by atoms with Crippen molar-refractivity contribution in [3.8, 4) is 0 Å². The van der Waals surface area contributed by atoms with Gasteiger partial charge in [0.2, 0.25) is 0 Å². The summed E-state index contributed by atoms with van der Waals surface area (Å²) >= 11 is 0. The highest BCUT2D eigenvalue weighted by Crippen LogP contribution is 2.23. The molecule has 2 rings (SSSR count). The van der Waals surface area contributed by atoms with Crippen LogP contribution in [0, 0.1) is 5.92 Å². The average molecular weight is 232 g/mol. The van der Waals surface area contributed by atoms with Gasteiger partial charge in [-0.15, -0.1) is 6.58 Å². The van der Waals surface area contributed by atoms with Crippen molar-refractivity contribution in [1.82, 2.24) is 0 Å². The van der Waals surface area contributed by atoms with E-state index in [4.69, 9.17) is 0 Å². The van der Waals surface area contributed by atoms with Gasteiger partial charge in [-0.1, -0.05) is 36.4 Å². The summed E-state index contributed by atoms with van der Waals surface area (Å²) < 4.78 is 0. The molecule has 0 aromatic heterocycles. The van der Waals surface area contributed by atoms with E-state index in [0.29, 0.717) is 12.0 Å². The van der Waals surface area contributed by atoms with Crippen LogP contribution < -0.4 is 5.32 Å². The van der Waals surface area contributed by atoms with Gasteiger partial charge in [-0.05, 0) is 18.8 Å². The van der Waals surface area contributed by atoms with Crippen LogP contribution in [0.25, 0.3) is 0 Å². The largest absolute Gasteiger partial charge is 0.387 e. The van der Waals surface area contributed by atoms with Crippen LogP contribution in [0.4, 0.5) is 0 Å².